The maximum atomic E-state index is 13.5. The fraction of sp³-hybridized carbons (Fsp3) is 0.462. The molecule has 100 valence electrons. The fourth-order valence-electron chi connectivity index (χ4n) is 2.04. The van der Waals surface area contributed by atoms with E-state index in [2.05, 4.69) is 0 Å². The highest BCUT2D eigenvalue weighted by molar-refractivity contribution is 5.75. The van der Waals surface area contributed by atoms with Crippen LogP contribution in [0.2, 0.25) is 0 Å². The molecule has 0 bridgehead atoms. The van der Waals surface area contributed by atoms with Crippen molar-refractivity contribution >= 4 is 5.97 Å². The Bertz CT molecular complexity index is 437. The molecule has 0 heterocycles. The summed E-state index contributed by atoms with van der Waals surface area (Å²) >= 11 is 0. The van der Waals surface area contributed by atoms with E-state index in [9.17, 15) is 18.7 Å². The van der Waals surface area contributed by atoms with E-state index in [1.54, 1.807) is 0 Å². The molecule has 18 heavy (non-hydrogen) atoms. The first kappa shape index (κ1) is 14.6. The monoisotopic (exact) mass is 257 g/mol. The van der Waals surface area contributed by atoms with E-state index in [4.69, 9.17) is 5.73 Å². The highest BCUT2D eigenvalue weighted by Gasteiger charge is 2.37. The zero-order valence-electron chi connectivity index (χ0n) is 10.2. The van der Waals surface area contributed by atoms with Gasteiger partial charge in [0.15, 0.2) is 0 Å². The van der Waals surface area contributed by atoms with E-state index in [0.717, 1.165) is 12.1 Å². The van der Waals surface area contributed by atoms with Crippen LogP contribution in [-0.4, -0.2) is 17.6 Å². The van der Waals surface area contributed by atoms with Crippen molar-refractivity contribution in [3.63, 3.8) is 0 Å². The Kier molecular flexibility index (Phi) is 4.78. The molecule has 3 nitrogen and oxygen atoms in total. The molecule has 5 heteroatoms. The average Bonchev–Trinajstić information content (AvgIpc) is 2.31. The average molecular weight is 257 g/mol. The van der Waals surface area contributed by atoms with Crippen LogP contribution in [0.4, 0.5) is 8.78 Å². The Morgan fingerprint density at radius 1 is 1.44 bits per heavy atom. The second-order valence-electron chi connectivity index (χ2n) is 4.45. The second-order valence-corrected chi connectivity index (χ2v) is 4.45. The standard InChI is InChI=1S/C13H17F2NO2/c1-2-5-13(8-16,12(17)18)7-9-3-4-10(14)6-11(9)15/h3-4,6H,2,5,7-8,16H2,1H3,(H,17,18). The van der Waals surface area contributed by atoms with Gasteiger partial charge in [0.25, 0.3) is 0 Å². The summed E-state index contributed by atoms with van der Waals surface area (Å²) in [6.07, 6.45) is 0.959. The number of hydrogen-bond donors (Lipinski definition) is 2. The molecule has 0 fully saturated rings. The van der Waals surface area contributed by atoms with Crippen LogP contribution in [0.1, 0.15) is 25.3 Å². The normalized spacial score (nSPS) is 14.2. The molecule has 0 aliphatic rings. The Balaban J connectivity index is 3.06. The first-order chi connectivity index (χ1) is 8.45. The molecule has 0 aromatic heterocycles. The molecule has 0 spiro atoms. The molecule has 1 unspecified atom stereocenters. The van der Waals surface area contributed by atoms with Crippen LogP contribution in [0.5, 0.6) is 0 Å². The highest BCUT2D eigenvalue weighted by Crippen LogP contribution is 2.29. The topological polar surface area (TPSA) is 63.3 Å². The predicted octanol–water partition coefficient (Wildman–Crippen LogP) is 2.34. The van der Waals surface area contributed by atoms with E-state index >= 15 is 0 Å². The summed E-state index contributed by atoms with van der Waals surface area (Å²) in [6.45, 7) is 1.77. The number of carboxylic acids is 1. The number of halogens is 2. The smallest absolute Gasteiger partial charge is 0.311 e. The number of aliphatic carboxylic acids is 1. The molecule has 0 saturated carbocycles. The van der Waals surface area contributed by atoms with Crippen LogP contribution in [0.15, 0.2) is 18.2 Å². The van der Waals surface area contributed by atoms with E-state index in [1.807, 2.05) is 6.92 Å². The Morgan fingerprint density at radius 2 is 2.11 bits per heavy atom. The van der Waals surface area contributed by atoms with E-state index < -0.39 is 23.0 Å². The van der Waals surface area contributed by atoms with E-state index in [0.29, 0.717) is 12.8 Å². The molecule has 1 aromatic carbocycles. The van der Waals surface area contributed by atoms with Gasteiger partial charge < -0.3 is 10.8 Å². The number of hydrogen-bond acceptors (Lipinski definition) is 2. The minimum atomic E-state index is -1.19. The Morgan fingerprint density at radius 3 is 2.56 bits per heavy atom. The van der Waals surface area contributed by atoms with Crippen molar-refractivity contribution in [3.8, 4) is 0 Å². The minimum Gasteiger partial charge on any atom is -0.481 e. The van der Waals surface area contributed by atoms with Crippen molar-refractivity contribution in [2.24, 2.45) is 11.1 Å². The van der Waals surface area contributed by atoms with E-state index in [-0.39, 0.29) is 18.5 Å². The molecule has 0 aliphatic carbocycles. The molecule has 3 N–H and O–H groups in total. The van der Waals surface area contributed by atoms with Crippen molar-refractivity contribution in [2.75, 3.05) is 6.54 Å². The number of carbonyl (C=O) groups is 1. The van der Waals surface area contributed by atoms with Crippen molar-refractivity contribution in [1.82, 2.24) is 0 Å². The van der Waals surface area contributed by atoms with Crippen LogP contribution < -0.4 is 5.73 Å². The molecular weight excluding hydrogens is 240 g/mol. The zero-order valence-corrected chi connectivity index (χ0v) is 10.2. The third-order valence-corrected chi connectivity index (χ3v) is 3.12. The van der Waals surface area contributed by atoms with Gasteiger partial charge >= 0.3 is 5.97 Å². The summed E-state index contributed by atoms with van der Waals surface area (Å²) in [5.74, 6) is -2.46. The molecule has 1 aromatic rings. The Hall–Kier alpha value is -1.49. The third kappa shape index (κ3) is 3.04. The van der Waals surface area contributed by atoms with Crippen LogP contribution in [0, 0.1) is 17.0 Å². The first-order valence-electron chi connectivity index (χ1n) is 5.82. The molecule has 0 radical (unpaired) electrons. The Labute approximate surface area is 105 Å². The number of benzene rings is 1. The second kappa shape index (κ2) is 5.91. The summed E-state index contributed by atoms with van der Waals surface area (Å²) in [5.41, 5.74) is 4.54. The van der Waals surface area contributed by atoms with Gasteiger partial charge in [-0.05, 0) is 24.5 Å². The van der Waals surface area contributed by atoms with Crippen LogP contribution in [0.3, 0.4) is 0 Å². The van der Waals surface area contributed by atoms with Crippen molar-refractivity contribution in [2.45, 2.75) is 26.2 Å². The quantitative estimate of drug-likeness (QED) is 0.822. The molecule has 0 amide bonds. The lowest BCUT2D eigenvalue weighted by molar-refractivity contribution is -0.148. The fourth-order valence-corrected chi connectivity index (χ4v) is 2.04. The van der Waals surface area contributed by atoms with Gasteiger partial charge in [0.05, 0.1) is 5.41 Å². The minimum absolute atomic E-state index is 0.0290. The molecular formula is C13H17F2NO2. The van der Waals surface area contributed by atoms with Gasteiger partial charge in [0.1, 0.15) is 11.6 Å². The van der Waals surface area contributed by atoms with Crippen molar-refractivity contribution < 1.29 is 18.7 Å². The van der Waals surface area contributed by atoms with Gasteiger partial charge in [-0.1, -0.05) is 19.4 Å². The van der Waals surface area contributed by atoms with Gasteiger partial charge in [-0.25, -0.2) is 8.78 Å². The zero-order chi connectivity index (χ0) is 13.8. The lowest BCUT2D eigenvalue weighted by atomic mass is 9.78. The molecule has 1 atom stereocenters. The first-order valence-corrected chi connectivity index (χ1v) is 5.82. The van der Waals surface area contributed by atoms with Gasteiger partial charge in [0, 0.05) is 12.6 Å². The summed E-state index contributed by atoms with van der Waals surface area (Å²) in [6, 6.07) is 3.14. The van der Waals surface area contributed by atoms with Gasteiger partial charge in [0.2, 0.25) is 0 Å². The molecule has 0 saturated heterocycles. The van der Waals surface area contributed by atoms with Gasteiger partial charge in [-0.3, -0.25) is 4.79 Å². The lowest BCUT2D eigenvalue weighted by Crippen LogP contribution is -2.40. The van der Waals surface area contributed by atoms with Crippen LogP contribution in [-0.2, 0) is 11.2 Å². The van der Waals surface area contributed by atoms with E-state index in [1.165, 1.54) is 6.07 Å². The summed E-state index contributed by atoms with van der Waals surface area (Å²) < 4.78 is 26.3. The SMILES string of the molecule is CCCC(CN)(Cc1ccc(F)cc1F)C(=O)O. The maximum absolute atomic E-state index is 13.5. The summed E-state index contributed by atoms with van der Waals surface area (Å²) in [5, 5.41) is 9.29. The lowest BCUT2D eigenvalue weighted by Gasteiger charge is -2.27. The number of rotatable bonds is 6. The molecule has 1 rings (SSSR count). The third-order valence-electron chi connectivity index (χ3n) is 3.12. The molecule has 0 aliphatic heterocycles. The van der Waals surface area contributed by atoms with Crippen molar-refractivity contribution in [3.05, 3.63) is 35.4 Å². The summed E-state index contributed by atoms with van der Waals surface area (Å²) in [4.78, 5) is 11.3. The van der Waals surface area contributed by atoms with Crippen LogP contribution >= 0.6 is 0 Å². The number of nitrogens with two attached hydrogens (primary N) is 1. The van der Waals surface area contributed by atoms with Crippen LogP contribution in [0.25, 0.3) is 0 Å². The van der Waals surface area contributed by atoms with Crippen molar-refractivity contribution in [1.29, 1.82) is 0 Å². The summed E-state index contributed by atoms with van der Waals surface area (Å²) in [7, 11) is 0. The predicted molar refractivity (Wildman–Crippen MR) is 64.1 cm³/mol. The largest absolute Gasteiger partial charge is 0.481 e. The highest BCUT2D eigenvalue weighted by atomic mass is 19.1. The maximum Gasteiger partial charge on any atom is 0.311 e. The van der Waals surface area contributed by atoms with Gasteiger partial charge in [-0.2, -0.15) is 0 Å². The van der Waals surface area contributed by atoms with Gasteiger partial charge in [-0.15, -0.1) is 0 Å². The number of carboxylic acid groups (broad SMARTS) is 1.